The van der Waals surface area contributed by atoms with Crippen LogP contribution < -0.4 is 10.6 Å². The molecule has 5 nitrogen and oxygen atoms in total. The summed E-state index contributed by atoms with van der Waals surface area (Å²) >= 11 is 0. The quantitative estimate of drug-likeness (QED) is 0.845. The van der Waals surface area contributed by atoms with E-state index >= 15 is 0 Å². The number of allylic oxidation sites excluding steroid dienone is 2. The minimum Gasteiger partial charge on any atom is -0.326 e. The summed E-state index contributed by atoms with van der Waals surface area (Å²) in [6, 6.07) is 10.4. The van der Waals surface area contributed by atoms with Crippen LogP contribution in [0.25, 0.3) is 0 Å². The predicted molar refractivity (Wildman–Crippen MR) is 93.7 cm³/mol. The molecule has 5 heteroatoms. The van der Waals surface area contributed by atoms with Crippen molar-refractivity contribution in [2.24, 2.45) is 5.92 Å². The van der Waals surface area contributed by atoms with Gasteiger partial charge in [-0.2, -0.15) is 0 Å². The number of carbonyl (C=O) groups excluding carboxylic acids is 2. The van der Waals surface area contributed by atoms with E-state index in [0.717, 1.165) is 19.3 Å². The summed E-state index contributed by atoms with van der Waals surface area (Å²) in [6.45, 7) is 0. The van der Waals surface area contributed by atoms with Crippen molar-refractivity contribution < 1.29 is 9.59 Å². The van der Waals surface area contributed by atoms with Gasteiger partial charge in [0, 0.05) is 23.4 Å². The monoisotopic (exact) mass is 321 g/mol. The van der Waals surface area contributed by atoms with Gasteiger partial charge in [-0.3, -0.25) is 14.6 Å². The minimum absolute atomic E-state index is 0.0311. The number of hydrogen-bond donors (Lipinski definition) is 2. The lowest BCUT2D eigenvalue weighted by molar-refractivity contribution is -0.120. The molecule has 122 valence electrons. The topological polar surface area (TPSA) is 71.1 Å². The fraction of sp³-hybridized carbons (Fsp3) is 0.211. The summed E-state index contributed by atoms with van der Waals surface area (Å²) in [5.74, 6) is -0.145. The smallest absolute Gasteiger partial charge is 0.255 e. The van der Waals surface area contributed by atoms with Crippen molar-refractivity contribution in [3.8, 4) is 0 Å². The minimum atomic E-state index is -0.210. The maximum Gasteiger partial charge on any atom is 0.255 e. The molecule has 2 aromatic rings. The molecule has 3 rings (SSSR count). The van der Waals surface area contributed by atoms with Gasteiger partial charge in [-0.1, -0.05) is 12.2 Å². The molecule has 0 spiro atoms. The largest absolute Gasteiger partial charge is 0.326 e. The summed E-state index contributed by atoms with van der Waals surface area (Å²) in [5, 5.41) is 5.69. The van der Waals surface area contributed by atoms with Gasteiger partial charge >= 0.3 is 0 Å². The third kappa shape index (κ3) is 4.07. The van der Waals surface area contributed by atoms with Gasteiger partial charge in [-0.25, -0.2) is 0 Å². The van der Waals surface area contributed by atoms with Crippen LogP contribution in [0.4, 0.5) is 11.4 Å². The van der Waals surface area contributed by atoms with Crippen molar-refractivity contribution in [1.29, 1.82) is 0 Å². The number of pyridine rings is 1. The maximum absolute atomic E-state index is 12.2. The van der Waals surface area contributed by atoms with Gasteiger partial charge < -0.3 is 10.6 Å². The number of amides is 2. The highest BCUT2D eigenvalue weighted by Crippen LogP contribution is 2.20. The molecule has 24 heavy (non-hydrogen) atoms. The number of hydrogen-bond acceptors (Lipinski definition) is 3. The van der Waals surface area contributed by atoms with E-state index in [0.29, 0.717) is 16.9 Å². The van der Waals surface area contributed by atoms with E-state index in [1.807, 2.05) is 0 Å². The number of benzene rings is 1. The number of nitrogens with zero attached hydrogens (tertiary/aromatic N) is 1. The van der Waals surface area contributed by atoms with Crippen LogP contribution in [0.3, 0.4) is 0 Å². The molecule has 1 heterocycles. The van der Waals surface area contributed by atoms with Gasteiger partial charge in [0.1, 0.15) is 0 Å². The van der Waals surface area contributed by atoms with Gasteiger partial charge in [0.2, 0.25) is 5.91 Å². The van der Waals surface area contributed by atoms with Crippen molar-refractivity contribution in [2.75, 3.05) is 10.6 Å². The molecule has 1 aromatic heterocycles. The summed E-state index contributed by atoms with van der Waals surface area (Å²) in [4.78, 5) is 28.3. The Morgan fingerprint density at radius 3 is 2.50 bits per heavy atom. The Kier molecular flexibility index (Phi) is 5.01. The molecular weight excluding hydrogens is 302 g/mol. The van der Waals surface area contributed by atoms with Gasteiger partial charge in [-0.05, 0) is 55.7 Å². The Bertz CT molecular complexity index is 739. The normalized spacial score (nSPS) is 16.4. The summed E-state index contributed by atoms with van der Waals surface area (Å²) in [6.07, 6.45) is 10.0. The molecule has 1 unspecified atom stereocenters. The highest BCUT2D eigenvalue weighted by atomic mass is 16.2. The van der Waals surface area contributed by atoms with Gasteiger partial charge in [0.25, 0.3) is 5.91 Å². The Morgan fingerprint density at radius 1 is 1.00 bits per heavy atom. The lowest BCUT2D eigenvalue weighted by Gasteiger charge is -2.17. The summed E-state index contributed by atoms with van der Waals surface area (Å²) in [7, 11) is 0. The zero-order valence-corrected chi connectivity index (χ0v) is 13.2. The van der Waals surface area contributed by atoms with Crippen LogP contribution >= 0.6 is 0 Å². The third-order valence-corrected chi connectivity index (χ3v) is 3.97. The lowest BCUT2D eigenvalue weighted by Crippen LogP contribution is -2.23. The van der Waals surface area contributed by atoms with Crippen molar-refractivity contribution in [3.63, 3.8) is 0 Å². The van der Waals surface area contributed by atoms with Crippen LogP contribution in [0.1, 0.15) is 29.6 Å². The zero-order chi connectivity index (χ0) is 16.8. The summed E-state index contributed by atoms with van der Waals surface area (Å²) in [5.41, 5.74) is 1.87. The molecule has 0 aliphatic heterocycles. The van der Waals surface area contributed by atoms with Crippen molar-refractivity contribution >= 4 is 23.2 Å². The molecule has 0 radical (unpaired) electrons. The second-order valence-electron chi connectivity index (χ2n) is 5.74. The SMILES string of the molecule is O=C(Nc1cccnc1)c1ccc(NC(=O)C2CC=CCC2)cc1. The molecule has 1 aliphatic carbocycles. The second kappa shape index (κ2) is 7.55. The fourth-order valence-electron chi connectivity index (χ4n) is 2.62. The van der Waals surface area contributed by atoms with E-state index in [-0.39, 0.29) is 17.7 Å². The van der Waals surface area contributed by atoms with Crippen molar-refractivity contribution in [2.45, 2.75) is 19.3 Å². The van der Waals surface area contributed by atoms with Crippen LogP contribution in [-0.4, -0.2) is 16.8 Å². The predicted octanol–water partition coefficient (Wildman–Crippen LogP) is 3.63. The van der Waals surface area contributed by atoms with E-state index in [1.54, 1.807) is 48.8 Å². The molecule has 0 saturated heterocycles. The number of aromatic nitrogens is 1. The molecule has 0 bridgehead atoms. The van der Waals surface area contributed by atoms with Gasteiger partial charge in [0.05, 0.1) is 11.9 Å². The molecule has 0 saturated carbocycles. The maximum atomic E-state index is 12.2. The lowest BCUT2D eigenvalue weighted by atomic mass is 9.93. The number of rotatable bonds is 4. The van der Waals surface area contributed by atoms with Gasteiger partial charge in [-0.15, -0.1) is 0 Å². The Balaban J connectivity index is 1.59. The Hall–Kier alpha value is -2.95. The van der Waals surface area contributed by atoms with Crippen LogP contribution in [0.15, 0.2) is 60.9 Å². The molecular formula is C19H19N3O2. The molecule has 2 amide bonds. The van der Waals surface area contributed by atoms with Crippen LogP contribution in [-0.2, 0) is 4.79 Å². The van der Waals surface area contributed by atoms with Crippen molar-refractivity contribution in [1.82, 2.24) is 4.98 Å². The first kappa shape index (κ1) is 15.9. The first-order valence-electron chi connectivity index (χ1n) is 8.00. The first-order valence-corrected chi connectivity index (χ1v) is 8.00. The number of anilines is 2. The van der Waals surface area contributed by atoms with Crippen LogP contribution in [0.5, 0.6) is 0 Å². The first-order chi connectivity index (χ1) is 11.7. The Labute approximate surface area is 140 Å². The second-order valence-corrected chi connectivity index (χ2v) is 5.74. The molecule has 1 aromatic carbocycles. The fourth-order valence-corrected chi connectivity index (χ4v) is 2.62. The molecule has 2 N–H and O–H groups in total. The third-order valence-electron chi connectivity index (χ3n) is 3.97. The standard InChI is InChI=1S/C19H19N3O2/c23-18(14-5-2-1-3-6-14)21-16-10-8-15(9-11-16)19(24)22-17-7-4-12-20-13-17/h1-2,4,7-14H,3,5-6H2,(H,21,23)(H,22,24). The highest BCUT2D eigenvalue weighted by Gasteiger charge is 2.18. The zero-order valence-electron chi connectivity index (χ0n) is 13.2. The van der Waals surface area contributed by atoms with E-state index in [1.165, 1.54) is 0 Å². The molecule has 1 aliphatic rings. The molecule has 1 atom stereocenters. The van der Waals surface area contributed by atoms with Gasteiger partial charge in [0.15, 0.2) is 0 Å². The van der Waals surface area contributed by atoms with E-state index in [9.17, 15) is 9.59 Å². The number of nitrogens with one attached hydrogen (secondary N) is 2. The average Bonchev–Trinajstić information content (AvgIpc) is 2.64. The average molecular weight is 321 g/mol. The highest BCUT2D eigenvalue weighted by molar-refractivity contribution is 6.04. The van der Waals surface area contributed by atoms with Crippen LogP contribution in [0, 0.1) is 5.92 Å². The van der Waals surface area contributed by atoms with E-state index in [2.05, 4.69) is 27.8 Å². The van der Waals surface area contributed by atoms with E-state index < -0.39 is 0 Å². The van der Waals surface area contributed by atoms with Crippen molar-refractivity contribution in [3.05, 3.63) is 66.5 Å². The van der Waals surface area contributed by atoms with E-state index in [4.69, 9.17) is 0 Å². The van der Waals surface area contributed by atoms with Crippen LogP contribution in [0.2, 0.25) is 0 Å². The Morgan fingerprint density at radius 2 is 1.83 bits per heavy atom. The number of carbonyl (C=O) groups is 2. The molecule has 0 fully saturated rings. The summed E-state index contributed by atoms with van der Waals surface area (Å²) < 4.78 is 0.